The summed E-state index contributed by atoms with van der Waals surface area (Å²) in [4.78, 5) is 0.295. The predicted molar refractivity (Wildman–Crippen MR) is 74.9 cm³/mol. The summed E-state index contributed by atoms with van der Waals surface area (Å²) in [6.45, 7) is 11.2. The largest absolute Gasteiger partial charge is 0.243 e. The van der Waals surface area contributed by atoms with Gasteiger partial charge in [-0.25, -0.2) is 8.42 Å². The Balaban J connectivity index is 3.20. The fourth-order valence-electron chi connectivity index (χ4n) is 1.57. The van der Waals surface area contributed by atoms with Gasteiger partial charge in [0.05, 0.1) is 4.90 Å². The van der Waals surface area contributed by atoms with Crippen LogP contribution in [-0.2, 0) is 10.0 Å². The Morgan fingerprint density at radius 1 is 1.28 bits per heavy atom. The first-order chi connectivity index (χ1) is 8.43. The molecule has 1 atom stereocenters. The molecular formula is C14H19NO2S. The predicted octanol–water partition coefficient (Wildman–Crippen LogP) is 2.75. The summed E-state index contributed by atoms with van der Waals surface area (Å²) in [6, 6.07) is 6.55. The molecule has 0 aliphatic carbocycles. The second kappa shape index (κ2) is 5.98. The molecule has 0 N–H and O–H groups in total. The first-order valence-corrected chi connectivity index (χ1v) is 7.19. The Bertz CT molecular complexity index is 517. The van der Waals surface area contributed by atoms with Crippen LogP contribution in [0.15, 0.2) is 54.5 Å². The summed E-state index contributed by atoms with van der Waals surface area (Å²) >= 11 is 0. The third-order valence-electron chi connectivity index (χ3n) is 2.73. The van der Waals surface area contributed by atoms with Crippen LogP contribution in [0.2, 0.25) is 0 Å². The standard InChI is InChI=1S/C14H19NO2S/c1-5-11-15(13(4)6-2)18(16,17)14-9-7-12(3)8-10-14/h5-10,13H,1-2,11H2,3-4H3. The molecule has 0 aliphatic heterocycles. The van der Waals surface area contributed by atoms with Gasteiger partial charge in [0, 0.05) is 12.6 Å². The summed E-state index contributed by atoms with van der Waals surface area (Å²) in [7, 11) is -3.50. The summed E-state index contributed by atoms with van der Waals surface area (Å²) in [6.07, 6.45) is 3.18. The number of nitrogens with zero attached hydrogens (tertiary/aromatic N) is 1. The summed E-state index contributed by atoms with van der Waals surface area (Å²) in [5.41, 5.74) is 1.03. The molecule has 0 bridgehead atoms. The molecule has 18 heavy (non-hydrogen) atoms. The molecule has 0 saturated carbocycles. The molecule has 1 rings (SSSR count). The smallest absolute Gasteiger partial charge is 0.207 e. The fourth-order valence-corrected chi connectivity index (χ4v) is 3.15. The Hall–Kier alpha value is -1.39. The average molecular weight is 265 g/mol. The van der Waals surface area contributed by atoms with Gasteiger partial charge in [-0.3, -0.25) is 0 Å². The molecule has 0 radical (unpaired) electrons. The van der Waals surface area contributed by atoms with E-state index < -0.39 is 10.0 Å². The van der Waals surface area contributed by atoms with Crippen LogP contribution in [0, 0.1) is 6.92 Å². The monoisotopic (exact) mass is 265 g/mol. The van der Waals surface area contributed by atoms with Crippen molar-refractivity contribution in [1.82, 2.24) is 4.31 Å². The maximum Gasteiger partial charge on any atom is 0.243 e. The molecule has 1 aromatic carbocycles. The molecule has 98 valence electrons. The molecule has 0 aromatic heterocycles. The van der Waals surface area contributed by atoms with Crippen LogP contribution in [0.3, 0.4) is 0 Å². The van der Waals surface area contributed by atoms with Gasteiger partial charge in [0.1, 0.15) is 0 Å². The van der Waals surface area contributed by atoms with Crippen molar-refractivity contribution in [3.63, 3.8) is 0 Å². The van der Waals surface area contributed by atoms with E-state index in [-0.39, 0.29) is 12.6 Å². The van der Waals surface area contributed by atoms with Gasteiger partial charge in [-0.2, -0.15) is 4.31 Å². The summed E-state index contributed by atoms with van der Waals surface area (Å²) in [5, 5.41) is 0. The molecule has 1 aromatic rings. The van der Waals surface area contributed by atoms with Crippen LogP contribution in [0.4, 0.5) is 0 Å². The zero-order chi connectivity index (χ0) is 13.8. The van der Waals surface area contributed by atoms with Crippen molar-refractivity contribution in [1.29, 1.82) is 0 Å². The Morgan fingerprint density at radius 3 is 2.28 bits per heavy atom. The average Bonchev–Trinajstić information content (AvgIpc) is 2.35. The Kier molecular flexibility index (Phi) is 4.87. The van der Waals surface area contributed by atoms with Crippen molar-refractivity contribution in [3.05, 3.63) is 55.1 Å². The molecule has 3 nitrogen and oxygen atoms in total. The Morgan fingerprint density at radius 2 is 1.83 bits per heavy atom. The van der Waals surface area contributed by atoms with Crippen LogP contribution < -0.4 is 0 Å². The lowest BCUT2D eigenvalue weighted by Crippen LogP contribution is -2.37. The minimum atomic E-state index is -3.50. The van der Waals surface area contributed by atoms with Crippen molar-refractivity contribution < 1.29 is 8.42 Å². The second-order valence-electron chi connectivity index (χ2n) is 4.15. The SMILES string of the molecule is C=CCN(C(C)C=C)S(=O)(=O)c1ccc(C)cc1. The van der Waals surface area contributed by atoms with Crippen LogP contribution >= 0.6 is 0 Å². The second-order valence-corrected chi connectivity index (χ2v) is 6.04. The topological polar surface area (TPSA) is 37.4 Å². The van der Waals surface area contributed by atoms with Gasteiger partial charge in [0.25, 0.3) is 0 Å². The lowest BCUT2D eigenvalue weighted by atomic mass is 10.2. The van der Waals surface area contributed by atoms with Crippen LogP contribution in [0.25, 0.3) is 0 Å². The summed E-state index contributed by atoms with van der Waals surface area (Å²) < 4.78 is 26.3. The number of aryl methyl sites for hydroxylation is 1. The van der Waals surface area contributed by atoms with E-state index in [1.54, 1.807) is 43.3 Å². The normalized spacial score (nSPS) is 13.3. The van der Waals surface area contributed by atoms with E-state index in [1.807, 2.05) is 6.92 Å². The van der Waals surface area contributed by atoms with Crippen molar-refractivity contribution in [2.45, 2.75) is 24.8 Å². The van der Waals surface area contributed by atoms with Gasteiger partial charge in [-0.1, -0.05) is 29.8 Å². The van der Waals surface area contributed by atoms with E-state index in [9.17, 15) is 8.42 Å². The Labute approximate surface area is 109 Å². The highest BCUT2D eigenvalue weighted by molar-refractivity contribution is 7.89. The maximum atomic E-state index is 12.5. The third-order valence-corrected chi connectivity index (χ3v) is 4.70. The van der Waals surface area contributed by atoms with Gasteiger partial charge in [-0.15, -0.1) is 13.2 Å². The van der Waals surface area contributed by atoms with Crippen LogP contribution in [0.5, 0.6) is 0 Å². The highest BCUT2D eigenvalue weighted by atomic mass is 32.2. The zero-order valence-corrected chi connectivity index (χ0v) is 11.7. The molecule has 0 amide bonds. The van der Waals surface area contributed by atoms with E-state index in [1.165, 1.54) is 4.31 Å². The number of rotatable bonds is 6. The molecule has 0 aliphatic rings. The van der Waals surface area contributed by atoms with Crippen LogP contribution in [0.1, 0.15) is 12.5 Å². The lowest BCUT2D eigenvalue weighted by Gasteiger charge is -2.25. The fraction of sp³-hybridized carbons (Fsp3) is 0.286. The summed E-state index contributed by atoms with van der Waals surface area (Å²) in [5.74, 6) is 0. The third kappa shape index (κ3) is 3.09. The van der Waals surface area contributed by atoms with Gasteiger partial charge < -0.3 is 0 Å². The minimum absolute atomic E-state index is 0.267. The van der Waals surface area contributed by atoms with Gasteiger partial charge >= 0.3 is 0 Å². The van der Waals surface area contributed by atoms with Crippen molar-refractivity contribution in [2.24, 2.45) is 0 Å². The number of hydrogen-bond donors (Lipinski definition) is 0. The minimum Gasteiger partial charge on any atom is -0.207 e. The highest BCUT2D eigenvalue weighted by Gasteiger charge is 2.26. The maximum absolute atomic E-state index is 12.5. The first kappa shape index (κ1) is 14.7. The van der Waals surface area contributed by atoms with Crippen molar-refractivity contribution >= 4 is 10.0 Å². The van der Waals surface area contributed by atoms with Gasteiger partial charge in [0.15, 0.2) is 0 Å². The van der Waals surface area contributed by atoms with E-state index in [2.05, 4.69) is 13.2 Å². The van der Waals surface area contributed by atoms with Crippen molar-refractivity contribution in [2.75, 3.05) is 6.54 Å². The van der Waals surface area contributed by atoms with E-state index in [4.69, 9.17) is 0 Å². The quantitative estimate of drug-likeness (QED) is 0.742. The molecule has 1 unspecified atom stereocenters. The van der Waals surface area contributed by atoms with E-state index >= 15 is 0 Å². The molecule has 0 spiro atoms. The molecule has 0 fully saturated rings. The molecule has 4 heteroatoms. The first-order valence-electron chi connectivity index (χ1n) is 5.75. The lowest BCUT2D eigenvalue weighted by molar-refractivity contribution is 0.408. The molecule has 0 saturated heterocycles. The number of sulfonamides is 1. The van der Waals surface area contributed by atoms with E-state index in [0.717, 1.165) is 5.56 Å². The zero-order valence-electron chi connectivity index (χ0n) is 10.8. The number of hydrogen-bond acceptors (Lipinski definition) is 2. The molecule has 0 heterocycles. The van der Waals surface area contributed by atoms with Crippen LogP contribution in [-0.4, -0.2) is 25.3 Å². The van der Waals surface area contributed by atoms with Gasteiger partial charge in [-0.05, 0) is 26.0 Å². The number of benzene rings is 1. The molecular weight excluding hydrogens is 246 g/mol. The van der Waals surface area contributed by atoms with Gasteiger partial charge in [0.2, 0.25) is 10.0 Å². The highest BCUT2D eigenvalue weighted by Crippen LogP contribution is 2.19. The van der Waals surface area contributed by atoms with E-state index in [0.29, 0.717) is 4.90 Å². The van der Waals surface area contributed by atoms with Crippen molar-refractivity contribution in [3.8, 4) is 0 Å².